The van der Waals surface area contributed by atoms with E-state index in [0.29, 0.717) is 12.8 Å². The fourth-order valence-electron chi connectivity index (χ4n) is 3.50. The highest BCUT2D eigenvalue weighted by Crippen LogP contribution is 2.54. The number of guanidine groups is 1. The first-order valence-electron chi connectivity index (χ1n) is 14.7. The molecule has 2 aromatic rings. The molecule has 3 atom stereocenters. The minimum Gasteiger partial charge on any atom is -0.480 e. The molecule has 0 bridgehead atoms. The van der Waals surface area contributed by atoms with Gasteiger partial charge in [0.05, 0.1) is 13.2 Å². The van der Waals surface area contributed by atoms with E-state index < -0.39 is 62.4 Å². The SMILES string of the molecule is CC(C)C(OC(=O)OCCc1ccccc1)OP(=O)(N=C(N)N(C)C(C)C(=O)O)OC(OC(=O)OCCc1ccccc1)C(C)C. The van der Waals surface area contributed by atoms with Gasteiger partial charge >= 0.3 is 26.0 Å². The van der Waals surface area contributed by atoms with Crippen molar-refractivity contribution < 1.29 is 52.1 Å². The van der Waals surface area contributed by atoms with Crippen LogP contribution in [0.3, 0.4) is 0 Å². The van der Waals surface area contributed by atoms with Crippen LogP contribution in [-0.2, 0) is 50.2 Å². The summed E-state index contributed by atoms with van der Waals surface area (Å²) in [6, 6.07) is 17.5. The lowest BCUT2D eigenvalue weighted by Crippen LogP contribution is -2.44. The van der Waals surface area contributed by atoms with Crippen molar-refractivity contribution in [2.24, 2.45) is 22.3 Å². The Kier molecular flexibility index (Phi) is 15.5. The van der Waals surface area contributed by atoms with Gasteiger partial charge in [-0.15, -0.1) is 4.76 Å². The van der Waals surface area contributed by atoms with Crippen LogP contribution in [0.5, 0.6) is 0 Å². The number of nitrogens with two attached hydrogens (primary N) is 1. The maximum absolute atomic E-state index is 14.2. The molecule has 2 aromatic carbocycles. The van der Waals surface area contributed by atoms with Crippen LogP contribution in [0.15, 0.2) is 65.4 Å². The third-order valence-corrected chi connectivity index (χ3v) is 7.82. The Morgan fingerprint density at radius 2 is 1.17 bits per heavy atom. The molecule has 0 aliphatic heterocycles. The first kappa shape index (κ1) is 38.1. The lowest BCUT2D eigenvalue weighted by atomic mass is 10.2. The molecule has 0 heterocycles. The maximum Gasteiger partial charge on any atom is 0.510 e. The first-order chi connectivity index (χ1) is 21.7. The molecule has 46 heavy (non-hydrogen) atoms. The van der Waals surface area contributed by atoms with Crippen LogP contribution in [-0.4, -0.2) is 73.1 Å². The summed E-state index contributed by atoms with van der Waals surface area (Å²) < 4.78 is 50.3. The maximum atomic E-state index is 14.2. The first-order valence-corrected chi connectivity index (χ1v) is 16.2. The molecule has 3 unspecified atom stereocenters. The van der Waals surface area contributed by atoms with E-state index in [0.717, 1.165) is 16.0 Å². The van der Waals surface area contributed by atoms with Gasteiger partial charge in [0.15, 0.2) is 0 Å². The number of ether oxygens (including phenoxy) is 4. The van der Waals surface area contributed by atoms with E-state index in [1.54, 1.807) is 27.7 Å². The number of nitrogens with zero attached hydrogens (tertiary/aromatic N) is 2. The van der Waals surface area contributed by atoms with Crippen LogP contribution in [0.25, 0.3) is 0 Å². The summed E-state index contributed by atoms with van der Waals surface area (Å²) in [6.07, 6.45) is -4.41. The fraction of sp³-hybridized carbons (Fsp3) is 0.484. The van der Waals surface area contributed by atoms with Crippen molar-refractivity contribution in [3.63, 3.8) is 0 Å². The average molecular weight is 666 g/mol. The quantitative estimate of drug-likeness (QED) is 0.0700. The number of benzene rings is 2. The third-order valence-electron chi connectivity index (χ3n) is 6.42. The van der Waals surface area contributed by atoms with Crippen LogP contribution in [0.2, 0.25) is 0 Å². The molecule has 0 spiro atoms. The van der Waals surface area contributed by atoms with Crippen molar-refractivity contribution in [2.45, 2.75) is 66.1 Å². The second-order valence-corrected chi connectivity index (χ2v) is 12.5. The standard InChI is InChI=1S/C31H44N3O11P/c1-21(2)27(42-30(37)40-19-17-24-13-9-7-10-14-24)44-46(39,33-29(32)34(6)23(5)26(35)36)45-28(22(3)4)43-31(38)41-20-18-25-15-11-8-12-16-25/h7-16,21-23,27-28H,17-20H2,1-6H3,(H,35,36)(H2,32,33,39). The number of likely N-dealkylation sites (N-methyl/N-ethyl adjacent to an activating group) is 1. The Labute approximate surface area is 269 Å². The fourth-order valence-corrected chi connectivity index (χ4v) is 5.14. The monoisotopic (exact) mass is 665 g/mol. The number of rotatable bonds is 17. The van der Waals surface area contributed by atoms with E-state index in [-0.39, 0.29) is 13.2 Å². The Bertz CT molecular complexity index is 1250. The Balaban J connectivity index is 2.22. The van der Waals surface area contributed by atoms with Crippen molar-refractivity contribution in [1.29, 1.82) is 0 Å². The second kappa shape index (κ2) is 18.7. The van der Waals surface area contributed by atoms with Gasteiger partial charge < -0.3 is 34.7 Å². The number of carbonyl (C=O) groups excluding carboxylic acids is 2. The van der Waals surface area contributed by atoms with Gasteiger partial charge in [-0.05, 0) is 18.1 Å². The third kappa shape index (κ3) is 13.5. The van der Waals surface area contributed by atoms with Crippen LogP contribution in [0.1, 0.15) is 45.7 Å². The zero-order chi connectivity index (χ0) is 34.3. The van der Waals surface area contributed by atoms with Crippen molar-refractivity contribution in [3.05, 3.63) is 71.8 Å². The number of carbonyl (C=O) groups is 3. The summed E-state index contributed by atoms with van der Waals surface area (Å²) in [4.78, 5) is 37.6. The molecule has 0 aromatic heterocycles. The highest BCUT2D eigenvalue weighted by Gasteiger charge is 2.39. The van der Waals surface area contributed by atoms with E-state index in [2.05, 4.69) is 4.76 Å². The Hall–Kier alpha value is -4.13. The molecule has 0 aliphatic rings. The van der Waals surface area contributed by atoms with Crippen molar-refractivity contribution in [2.75, 3.05) is 20.3 Å². The second-order valence-electron chi connectivity index (χ2n) is 10.9. The number of aliphatic carboxylic acids is 1. The summed E-state index contributed by atoms with van der Waals surface area (Å²) in [7, 11) is -3.51. The Morgan fingerprint density at radius 1 is 0.783 bits per heavy atom. The smallest absolute Gasteiger partial charge is 0.480 e. The largest absolute Gasteiger partial charge is 0.510 e. The summed E-state index contributed by atoms with van der Waals surface area (Å²) in [5, 5.41) is 9.39. The van der Waals surface area contributed by atoms with Crippen molar-refractivity contribution in [1.82, 2.24) is 4.90 Å². The molecule has 0 saturated carbocycles. The molecule has 0 radical (unpaired) electrons. The van der Waals surface area contributed by atoms with Gasteiger partial charge in [0, 0.05) is 31.7 Å². The molecular formula is C31H44N3O11P. The van der Waals surface area contributed by atoms with Crippen molar-refractivity contribution >= 4 is 32.0 Å². The molecule has 15 heteroatoms. The zero-order valence-corrected chi connectivity index (χ0v) is 27.8. The zero-order valence-electron chi connectivity index (χ0n) is 26.9. The van der Waals surface area contributed by atoms with E-state index in [1.807, 2.05) is 60.7 Å². The lowest BCUT2D eigenvalue weighted by molar-refractivity contribution is -0.141. The molecule has 0 saturated heterocycles. The van der Waals surface area contributed by atoms with Crippen LogP contribution < -0.4 is 5.73 Å². The number of hydrogen-bond acceptors (Lipinski definition) is 10. The van der Waals surface area contributed by atoms with Crippen LogP contribution in [0, 0.1) is 11.8 Å². The van der Waals surface area contributed by atoms with Gasteiger partial charge in [-0.25, -0.2) is 28.0 Å². The van der Waals surface area contributed by atoms with Gasteiger partial charge in [0.1, 0.15) is 6.04 Å². The topological polar surface area (TPSA) is 186 Å². The van der Waals surface area contributed by atoms with E-state index in [9.17, 15) is 24.1 Å². The molecule has 254 valence electrons. The summed E-state index contributed by atoms with van der Waals surface area (Å²) in [5.41, 5.74) is 7.88. The van der Waals surface area contributed by atoms with Gasteiger partial charge in [0.25, 0.3) is 0 Å². The lowest BCUT2D eigenvalue weighted by Gasteiger charge is -2.29. The highest BCUT2D eigenvalue weighted by atomic mass is 31.2. The molecule has 0 amide bonds. The highest BCUT2D eigenvalue weighted by molar-refractivity contribution is 7.52. The van der Waals surface area contributed by atoms with Gasteiger partial charge in [0.2, 0.25) is 18.5 Å². The molecule has 0 fully saturated rings. The molecule has 0 aliphatic carbocycles. The number of carboxylic acid groups (broad SMARTS) is 1. The summed E-state index contributed by atoms with van der Waals surface area (Å²) >= 11 is 0. The molecular weight excluding hydrogens is 621 g/mol. The van der Waals surface area contributed by atoms with Crippen LogP contribution >= 0.6 is 7.75 Å². The minimum absolute atomic E-state index is 0.000439. The number of hydrogen-bond donors (Lipinski definition) is 2. The van der Waals surface area contributed by atoms with E-state index in [1.165, 1.54) is 14.0 Å². The average Bonchev–Trinajstić information content (AvgIpc) is 3.00. The van der Waals surface area contributed by atoms with Gasteiger partial charge in [-0.1, -0.05) is 88.4 Å². The normalized spacial score (nSPS) is 14.9. The van der Waals surface area contributed by atoms with Gasteiger partial charge in [-0.2, -0.15) is 0 Å². The summed E-state index contributed by atoms with van der Waals surface area (Å²) in [5.74, 6) is -2.97. The minimum atomic E-state index is -4.82. The predicted molar refractivity (Wildman–Crippen MR) is 169 cm³/mol. The van der Waals surface area contributed by atoms with Crippen molar-refractivity contribution in [3.8, 4) is 0 Å². The molecule has 3 N–H and O–H groups in total. The van der Waals surface area contributed by atoms with E-state index >= 15 is 0 Å². The molecule has 14 nitrogen and oxygen atoms in total. The Morgan fingerprint density at radius 3 is 1.52 bits per heavy atom. The van der Waals surface area contributed by atoms with Crippen LogP contribution in [0.4, 0.5) is 9.59 Å². The molecule has 2 rings (SSSR count). The predicted octanol–water partition coefficient (Wildman–Crippen LogP) is 5.60. The summed E-state index contributed by atoms with van der Waals surface area (Å²) in [6.45, 7) is 7.77. The van der Waals surface area contributed by atoms with E-state index in [4.69, 9.17) is 33.7 Å². The number of carboxylic acids is 1. The van der Waals surface area contributed by atoms with Gasteiger partial charge in [-0.3, -0.25) is 0 Å².